The molecule has 1 aliphatic heterocycles. The average molecular weight is 390 g/mol. The van der Waals surface area contributed by atoms with Gasteiger partial charge in [-0.15, -0.1) is 0 Å². The number of methoxy groups -OCH3 is 1. The van der Waals surface area contributed by atoms with Gasteiger partial charge in [0.2, 0.25) is 0 Å². The number of carbonyl (C=O) groups is 2. The van der Waals surface area contributed by atoms with E-state index in [1.54, 1.807) is 4.90 Å². The number of urea groups is 1. The first-order valence-corrected chi connectivity index (χ1v) is 10.3. The molecule has 0 saturated carbocycles. The fourth-order valence-electron chi connectivity index (χ4n) is 3.61. The summed E-state index contributed by atoms with van der Waals surface area (Å²) in [5, 5.41) is 6.19. The SMILES string of the molecule is CCC(C)c1ccc(C(NC(=O)NC2CCN(C(=O)OC)CC2)C(C)C)cc1. The first-order chi connectivity index (χ1) is 13.3. The lowest BCUT2D eigenvalue weighted by Gasteiger charge is -2.32. The van der Waals surface area contributed by atoms with Crippen LogP contribution in [0, 0.1) is 5.92 Å². The van der Waals surface area contributed by atoms with E-state index in [1.807, 2.05) is 0 Å². The number of ether oxygens (including phenoxy) is 1. The molecule has 2 unspecified atom stereocenters. The first-order valence-electron chi connectivity index (χ1n) is 10.3. The highest BCUT2D eigenvalue weighted by Gasteiger charge is 2.25. The Morgan fingerprint density at radius 2 is 1.68 bits per heavy atom. The van der Waals surface area contributed by atoms with Gasteiger partial charge in [-0.2, -0.15) is 0 Å². The van der Waals surface area contributed by atoms with Gasteiger partial charge >= 0.3 is 12.1 Å². The van der Waals surface area contributed by atoms with E-state index in [0.29, 0.717) is 19.0 Å². The van der Waals surface area contributed by atoms with Crippen molar-refractivity contribution in [2.75, 3.05) is 20.2 Å². The molecule has 1 saturated heterocycles. The van der Waals surface area contributed by atoms with E-state index in [0.717, 1.165) is 24.8 Å². The highest BCUT2D eigenvalue weighted by atomic mass is 16.5. The molecule has 0 bridgehead atoms. The van der Waals surface area contributed by atoms with Crippen LogP contribution in [0.5, 0.6) is 0 Å². The lowest BCUT2D eigenvalue weighted by Crippen LogP contribution is -2.50. The maximum Gasteiger partial charge on any atom is 0.409 e. The summed E-state index contributed by atoms with van der Waals surface area (Å²) < 4.78 is 4.75. The van der Waals surface area contributed by atoms with Crippen LogP contribution < -0.4 is 10.6 Å². The van der Waals surface area contributed by atoms with Crippen molar-refractivity contribution in [1.29, 1.82) is 0 Å². The molecule has 0 radical (unpaired) electrons. The highest BCUT2D eigenvalue weighted by molar-refractivity contribution is 5.75. The van der Waals surface area contributed by atoms with Crippen LogP contribution in [0.1, 0.15) is 70.0 Å². The van der Waals surface area contributed by atoms with Crippen molar-refractivity contribution in [3.63, 3.8) is 0 Å². The number of hydrogen-bond acceptors (Lipinski definition) is 3. The number of nitrogens with one attached hydrogen (secondary N) is 2. The van der Waals surface area contributed by atoms with Crippen LogP contribution in [-0.4, -0.2) is 43.3 Å². The molecule has 1 heterocycles. The molecule has 28 heavy (non-hydrogen) atoms. The molecular formula is C22H35N3O3. The predicted octanol–water partition coefficient (Wildman–Crippen LogP) is 4.43. The van der Waals surface area contributed by atoms with Crippen LogP contribution in [0.4, 0.5) is 9.59 Å². The monoisotopic (exact) mass is 389 g/mol. The van der Waals surface area contributed by atoms with Crippen molar-refractivity contribution >= 4 is 12.1 Å². The van der Waals surface area contributed by atoms with E-state index in [4.69, 9.17) is 4.74 Å². The third kappa shape index (κ3) is 5.88. The molecule has 2 N–H and O–H groups in total. The second kappa shape index (κ2) is 10.3. The number of piperidine rings is 1. The fraction of sp³-hybridized carbons (Fsp3) is 0.636. The van der Waals surface area contributed by atoms with Crippen LogP contribution >= 0.6 is 0 Å². The van der Waals surface area contributed by atoms with Gasteiger partial charge < -0.3 is 20.3 Å². The number of hydrogen-bond donors (Lipinski definition) is 2. The predicted molar refractivity (Wildman–Crippen MR) is 111 cm³/mol. The number of nitrogens with zero attached hydrogens (tertiary/aromatic N) is 1. The molecule has 156 valence electrons. The maximum atomic E-state index is 12.6. The summed E-state index contributed by atoms with van der Waals surface area (Å²) in [7, 11) is 1.39. The van der Waals surface area contributed by atoms with E-state index >= 15 is 0 Å². The normalized spacial score (nSPS) is 17.1. The van der Waals surface area contributed by atoms with Crippen molar-refractivity contribution in [2.24, 2.45) is 5.92 Å². The van der Waals surface area contributed by atoms with Crippen molar-refractivity contribution in [3.8, 4) is 0 Å². The molecular weight excluding hydrogens is 354 g/mol. The Morgan fingerprint density at radius 1 is 1.11 bits per heavy atom. The van der Waals surface area contributed by atoms with Crippen molar-refractivity contribution in [1.82, 2.24) is 15.5 Å². The number of benzene rings is 1. The van der Waals surface area contributed by atoms with Crippen LogP contribution in [0.3, 0.4) is 0 Å². The standard InChI is InChI=1S/C22H35N3O3/c1-6-16(4)17-7-9-18(10-8-17)20(15(2)3)24-21(26)23-19-11-13-25(14-12-19)22(27)28-5/h7-10,15-16,19-20H,6,11-14H2,1-5H3,(H2,23,24,26). The van der Waals surface area contributed by atoms with Crippen molar-refractivity contribution in [2.45, 2.75) is 65.0 Å². The van der Waals surface area contributed by atoms with Crippen LogP contribution in [0.25, 0.3) is 0 Å². The van der Waals surface area contributed by atoms with Gasteiger partial charge in [-0.05, 0) is 42.2 Å². The number of likely N-dealkylation sites (tertiary alicyclic amines) is 1. The van der Waals surface area contributed by atoms with E-state index in [1.165, 1.54) is 12.7 Å². The van der Waals surface area contributed by atoms with Gasteiger partial charge in [-0.1, -0.05) is 52.0 Å². The van der Waals surface area contributed by atoms with Crippen molar-refractivity contribution < 1.29 is 14.3 Å². The second-order valence-electron chi connectivity index (χ2n) is 8.05. The largest absolute Gasteiger partial charge is 0.453 e. The minimum absolute atomic E-state index is 0.0406. The Morgan fingerprint density at radius 3 is 2.18 bits per heavy atom. The Kier molecular flexibility index (Phi) is 8.15. The van der Waals surface area contributed by atoms with Gasteiger partial charge in [0.15, 0.2) is 0 Å². The minimum Gasteiger partial charge on any atom is -0.453 e. The van der Waals surface area contributed by atoms with E-state index in [9.17, 15) is 9.59 Å². The molecule has 0 spiro atoms. The number of rotatable bonds is 6. The molecule has 2 atom stereocenters. The summed E-state index contributed by atoms with van der Waals surface area (Å²) in [5.41, 5.74) is 2.45. The Hall–Kier alpha value is -2.24. The zero-order valence-corrected chi connectivity index (χ0v) is 17.8. The number of carbonyl (C=O) groups excluding carboxylic acids is 2. The van der Waals surface area contributed by atoms with Crippen molar-refractivity contribution in [3.05, 3.63) is 35.4 Å². The molecule has 2 rings (SSSR count). The van der Waals surface area contributed by atoms with Crippen LogP contribution in [0.15, 0.2) is 24.3 Å². The van der Waals surface area contributed by atoms with Gasteiger partial charge in [-0.3, -0.25) is 0 Å². The molecule has 6 nitrogen and oxygen atoms in total. The van der Waals surface area contributed by atoms with Gasteiger partial charge in [0.25, 0.3) is 0 Å². The molecule has 1 aromatic carbocycles. The molecule has 0 aliphatic carbocycles. The summed E-state index contributed by atoms with van der Waals surface area (Å²) in [6.07, 6.45) is 2.28. The molecule has 6 heteroatoms. The Balaban J connectivity index is 1.92. The molecule has 1 aliphatic rings. The third-order valence-electron chi connectivity index (χ3n) is 5.69. The average Bonchev–Trinajstić information content (AvgIpc) is 2.71. The van der Waals surface area contributed by atoms with E-state index < -0.39 is 0 Å². The summed E-state index contributed by atoms with van der Waals surface area (Å²) >= 11 is 0. The summed E-state index contributed by atoms with van der Waals surface area (Å²) in [5.74, 6) is 0.819. The van der Waals surface area contributed by atoms with Crippen LogP contribution in [-0.2, 0) is 4.74 Å². The second-order valence-corrected chi connectivity index (χ2v) is 8.05. The molecule has 1 aromatic rings. The fourth-order valence-corrected chi connectivity index (χ4v) is 3.61. The van der Waals surface area contributed by atoms with E-state index in [2.05, 4.69) is 62.6 Å². The quantitative estimate of drug-likeness (QED) is 0.756. The Bertz CT molecular complexity index is 637. The zero-order valence-electron chi connectivity index (χ0n) is 17.8. The summed E-state index contributed by atoms with van der Waals surface area (Å²) in [4.78, 5) is 25.8. The lowest BCUT2D eigenvalue weighted by atomic mass is 9.92. The molecule has 1 fully saturated rings. The Labute approximate surface area is 169 Å². The molecule has 3 amide bonds. The van der Waals surface area contributed by atoms with Gasteiger partial charge in [0, 0.05) is 19.1 Å². The van der Waals surface area contributed by atoms with Crippen LogP contribution in [0.2, 0.25) is 0 Å². The van der Waals surface area contributed by atoms with E-state index in [-0.39, 0.29) is 30.1 Å². The lowest BCUT2D eigenvalue weighted by molar-refractivity contribution is 0.110. The summed E-state index contributed by atoms with van der Waals surface area (Å²) in [6.45, 7) is 9.85. The maximum absolute atomic E-state index is 12.6. The van der Waals surface area contributed by atoms with Gasteiger partial charge in [-0.25, -0.2) is 9.59 Å². The highest BCUT2D eigenvalue weighted by Crippen LogP contribution is 2.25. The zero-order chi connectivity index (χ0) is 20.7. The topological polar surface area (TPSA) is 70.7 Å². The summed E-state index contributed by atoms with van der Waals surface area (Å²) in [6, 6.07) is 8.47. The number of amides is 3. The molecule has 0 aromatic heterocycles. The smallest absolute Gasteiger partial charge is 0.409 e. The van der Waals surface area contributed by atoms with Gasteiger partial charge in [0.1, 0.15) is 0 Å². The first kappa shape index (κ1) is 22.1. The third-order valence-corrected chi connectivity index (χ3v) is 5.69. The van der Waals surface area contributed by atoms with Gasteiger partial charge in [0.05, 0.1) is 13.2 Å². The minimum atomic E-state index is -0.302.